The topological polar surface area (TPSA) is 12.0 Å². The minimum atomic E-state index is 1.23. The van der Waals surface area contributed by atoms with Gasteiger partial charge in [-0.2, -0.15) is 0 Å². The molecule has 0 saturated heterocycles. The van der Waals surface area contributed by atoms with Crippen molar-refractivity contribution in [1.82, 2.24) is 5.32 Å². The van der Waals surface area contributed by atoms with Crippen LogP contribution in [0.25, 0.3) is 0 Å². The second-order valence-electron chi connectivity index (χ2n) is 11.6. The molecule has 1 nitrogen and oxygen atoms in total. The Morgan fingerprint density at radius 1 is 0.297 bits per heavy atom. The third kappa shape index (κ3) is 35.4. The molecular weight excluding hydrogens is 446 g/mol. The summed E-state index contributed by atoms with van der Waals surface area (Å²) < 4.78 is 0. The van der Waals surface area contributed by atoms with Crippen molar-refractivity contribution in [3.63, 3.8) is 0 Å². The summed E-state index contributed by atoms with van der Waals surface area (Å²) >= 11 is 0. The van der Waals surface area contributed by atoms with E-state index in [2.05, 4.69) is 43.5 Å². The molecule has 0 aromatic carbocycles. The molecule has 1 heteroatoms. The summed E-state index contributed by atoms with van der Waals surface area (Å²) in [7, 11) is 0. The quantitative estimate of drug-likeness (QED) is 0.0691. The van der Waals surface area contributed by atoms with Gasteiger partial charge in [0.05, 0.1) is 0 Å². The lowest BCUT2D eigenvalue weighted by Crippen LogP contribution is -2.16. The Morgan fingerprint density at radius 3 is 0.838 bits per heavy atom. The molecule has 0 fully saturated rings. The average molecular weight is 518 g/mol. The monoisotopic (exact) mass is 518 g/mol. The van der Waals surface area contributed by atoms with Crippen LogP contribution in [0.2, 0.25) is 0 Å². The van der Waals surface area contributed by atoms with Gasteiger partial charge < -0.3 is 5.32 Å². The first-order valence-corrected chi connectivity index (χ1v) is 17.4. The molecule has 0 unspecified atom stereocenters. The second kappa shape index (κ2) is 35.4. The van der Waals surface area contributed by atoms with Crippen molar-refractivity contribution in [2.75, 3.05) is 13.1 Å². The third-order valence-electron chi connectivity index (χ3n) is 7.73. The zero-order valence-electron chi connectivity index (χ0n) is 26.0. The molecule has 1 N–H and O–H groups in total. The van der Waals surface area contributed by atoms with E-state index in [0.29, 0.717) is 0 Å². The van der Waals surface area contributed by atoms with Gasteiger partial charge >= 0.3 is 0 Å². The molecule has 0 aliphatic carbocycles. The normalized spacial score (nSPS) is 11.9. The number of rotatable bonds is 32. The van der Waals surface area contributed by atoms with Crippen LogP contribution in [0.3, 0.4) is 0 Å². The number of nitrogens with one attached hydrogen (secondary N) is 1. The van der Waals surface area contributed by atoms with E-state index in [1.165, 1.54) is 193 Å². The van der Waals surface area contributed by atoms with Gasteiger partial charge in [0.2, 0.25) is 0 Å². The third-order valence-corrected chi connectivity index (χ3v) is 7.73. The van der Waals surface area contributed by atoms with Gasteiger partial charge in [-0.3, -0.25) is 0 Å². The highest BCUT2D eigenvalue weighted by molar-refractivity contribution is 4.82. The summed E-state index contributed by atoms with van der Waals surface area (Å²) in [4.78, 5) is 0. The number of hydrogen-bond acceptors (Lipinski definition) is 1. The van der Waals surface area contributed by atoms with Crippen LogP contribution in [-0.4, -0.2) is 13.1 Å². The molecule has 0 saturated carbocycles. The van der Waals surface area contributed by atoms with Gasteiger partial charge in [0.1, 0.15) is 0 Å². The second-order valence-corrected chi connectivity index (χ2v) is 11.6. The predicted molar refractivity (Wildman–Crippen MR) is 172 cm³/mol. The van der Waals surface area contributed by atoms with Crippen LogP contribution >= 0.6 is 0 Å². The van der Waals surface area contributed by atoms with Crippen molar-refractivity contribution in [3.05, 3.63) is 24.3 Å². The number of unbranched alkanes of at least 4 members (excludes halogenated alkanes) is 24. The first-order valence-electron chi connectivity index (χ1n) is 17.4. The van der Waals surface area contributed by atoms with E-state index in [9.17, 15) is 0 Å². The Hall–Kier alpha value is -0.560. The zero-order chi connectivity index (χ0) is 26.7. The predicted octanol–water partition coefficient (Wildman–Crippen LogP) is 12.7. The first kappa shape index (κ1) is 36.4. The molecule has 0 aromatic heterocycles. The van der Waals surface area contributed by atoms with Gasteiger partial charge in [0.15, 0.2) is 0 Å². The lowest BCUT2D eigenvalue weighted by molar-refractivity contribution is 0.539. The van der Waals surface area contributed by atoms with Gasteiger partial charge in [-0.25, -0.2) is 0 Å². The molecule has 0 aliphatic heterocycles. The maximum absolute atomic E-state index is 3.67. The Kier molecular flexibility index (Phi) is 34.9. The van der Waals surface area contributed by atoms with E-state index in [4.69, 9.17) is 0 Å². The van der Waals surface area contributed by atoms with Crippen LogP contribution < -0.4 is 5.32 Å². The molecular formula is C36H71N. The summed E-state index contributed by atoms with van der Waals surface area (Å²) in [6.07, 6.45) is 48.8. The van der Waals surface area contributed by atoms with Gasteiger partial charge in [0.25, 0.3) is 0 Å². The van der Waals surface area contributed by atoms with E-state index in [1.807, 2.05) is 0 Å². The van der Waals surface area contributed by atoms with Crippen LogP contribution in [-0.2, 0) is 0 Å². The minimum Gasteiger partial charge on any atom is -0.317 e. The van der Waals surface area contributed by atoms with Crippen LogP contribution in [0, 0.1) is 0 Å². The molecule has 0 rings (SSSR count). The van der Waals surface area contributed by atoms with Gasteiger partial charge in [-0.15, -0.1) is 0 Å². The van der Waals surface area contributed by atoms with Gasteiger partial charge in [-0.05, 0) is 77.3 Å². The highest BCUT2D eigenvalue weighted by atomic mass is 14.8. The lowest BCUT2D eigenvalue weighted by Gasteiger charge is -2.05. The summed E-state index contributed by atoms with van der Waals surface area (Å²) in [5.74, 6) is 0. The molecule has 0 aromatic rings. The van der Waals surface area contributed by atoms with Gasteiger partial charge in [0, 0.05) is 0 Å². The SMILES string of the molecule is CCCCCCCC/C=C\CCCCCCCCNCCCCCCCC/C=C/CCCCCCCC. The number of allylic oxidation sites excluding steroid dienone is 4. The van der Waals surface area contributed by atoms with Crippen molar-refractivity contribution in [3.8, 4) is 0 Å². The standard InChI is InChI=1S/C36H71N/c1-3-5-7-9-11-13-15-17-19-21-23-25-27-29-31-33-35-37-36-34-32-30-28-26-24-22-20-18-16-14-12-10-8-6-4-2/h17-20,37H,3-16,21-36H2,1-2H3/b19-17-,20-18+. The lowest BCUT2D eigenvalue weighted by atomic mass is 10.1. The first-order chi connectivity index (χ1) is 18.4. The molecule has 0 atom stereocenters. The van der Waals surface area contributed by atoms with E-state index in [-0.39, 0.29) is 0 Å². The van der Waals surface area contributed by atoms with Gasteiger partial charge in [-0.1, -0.05) is 154 Å². The Bertz CT molecular complexity index is 398. The Labute approximate surface area is 236 Å². The van der Waals surface area contributed by atoms with Crippen molar-refractivity contribution >= 4 is 0 Å². The maximum atomic E-state index is 3.67. The Morgan fingerprint density at radius 2 is 0.541 bits per heavy atom. The average Bonchev–Trinajstić information content (AvgIpc) is 2.91. The molecule has 37 heavy (non-hydrogen) atoms. The molecule has 0 heterocycles. The summed E-state index contributed by atoms with van der Waals surface area (Å²) in [6.45, 7) is 7.04. The van der Waals surface area contributed by atoms with Crippen molar-refractivity contribution in [1.29, 1.82) is 0 Å². The van der Waals surface area contributed by atoms with Crippen molar-refractivity contribution in [2.45, 2.75) is 194 Å². The van der Waals surface area contributed by atoms with Crippen LogP contribution in [0.15, 0.2) is 24.3 Å². The summed E-state index contributed by atoms with van der Waals surface area (Å²) in [5, 5.41) is 3.67. The molecule has 0 bridgehead atoms. The molecule has 0 radical (unpaired) electrons. The fraction of sp³-hybridized carbons (Fsp3) is 0.889. The zero-order valence-corrected chi connectivity index (χ0v) is 26.0. The largest absolute Gasteiger partial charge is 0.317 e. The van der Waals surface area contributed by atoms with Crippen molar-refractivity contribution in [2.24, 2.45) is 0 Å². The molecule has 0 spiro atoms. The molecule has 0 amide bonds. The fourth-order valence-electron chi connectivity index (χ4n) is 5.12. The maximum Gasteiger partial charge on any atom is -0.00489 e. The minimum absolute atomic E-state index is 1.23. The van der Waals surface area contributed by atoms with E-state index < -0.39 is 0 Å². The van der Waals surface area contributed by atoms with Crippen LogP contribution in [0.5, 0.6) is 0 Å². The smallest absolute Gasteiger partial charge is 0.00489 e. The highest BCUT2D eigenvalue weighted by Gasteiger charge is 1.94. The number of hydrogen-bond donors (Lipinski definition) is 1. The Balaban J connectivity index is 3.09. The van der Waals surface area contributed by atoms with E-state index in [0.717, 1.165) is 0 Å². The highest BCUT2D eigenvalue weighted by Crippen LogP contribution is 2.11. The van der Waals surface area contributed by atoms with E-state index >= 15 is 0 Å². The molecule has 220 valence electrons. The summed E-state index contributed by atoms with van der Waals surface area (Å²) in [5.41, 5.74) is 0. The summed E-state index contributed by atoms with van der Waals surface area (Å²) in [6, 6.07) is 0. The fourth-order valence-corrected chi connectivity index (χ4v) is 5.12. The van der Waals surface area contributed by atoms with Crippen molar-refractivity contribution < 1.29 is 0 Å². The van der Waals surface area contributed by atoms with E-state index in [1.54, 1.807) is 0 Å². The van der Waals surface area contributed by atoms with Crippen LogP contribution in [0.4, 0.5) is 0 Å². The molecule has 0 aliphatic rings. The van der Waals surface area contributed by atoms with Crippen LogP contribution in [0.1, 0.15) is 194 Å².